The molecule has 1 amide bonds. The van der Waals surface area contributed by atoms with Crippen LogP contribution in [0.3, 0.4) is 0 Å². The minimum absolute atomic E-state index is 0.000432. The molecule has 0 aliphatic rings. The van der Waals surface area contributed by atoms with Crippen LogP contribution in [0, 0.1) is 5.82 Å². The third-order valence-electron chi connectivity index (χ3n) is 4.94. The van der Waals surface area contributed by atoms with Crippen LogP contribution in [-0.4, -0.2) is 27.1 Å². The highest BCUT2D eigenvalue weighted by molar-refractivity contribution is 5.91. The summed E-state index contributed by atoms with van der Waals surface area (Å²) in [6.07, 6.45) is 1.44. The molecule has 0 bridgehead atoms. The Morgan fingerprint density at radius 1 is 1.03 bits per heavy atom. The normalized spacial score (nSPS) is 10.8. The molecule has 9 heteroatoms. The van der Waals surface area contributed by atoms with Crippen molar-refractivity contribution in [2.75, 3.05) is 12.4 Å². The van der Waals surface area contributed by atoms with E-state index in [2.05, 4.69) is 10.3 Å². The molecule has 4 aromatic rings. The summed E-state index contributed by atoms with van der Waals surface area (Å²) >= 11 is 0. The van der Waals surface area contributed by atoms with Crippen LogP contribution in [0.1, 0.15) is 5.56 Å². The Morgan fingerprint density at radius 2 is 1.78 bits per heavy atom. The zero-order chi connectivity index (χ0) is 22.7. The number of anilines is 1. The number of pyridine rings is 1. The Bertz CT molecular complexity index is 1410. The largest absolute Gasteiger partial charge is 0.497 e. The first-order valence-electron chi connectivity index (χ1n) is 9.73. The minimum Gasteiger partial charge on any atom is -0.497 e. The summed E-state index contributed by atoms with van der Waals surface area (Å²) in [5.74, 6) is -0.565. The van der Waals surface area contributed by atoms with Gasteiger partial charge >= 0.3 is 5.69 Å². The average Bonchev–Trinajstić information content (AvgIpc) is 2.81. The molecule has 2 aromatic heterocycles. The maximum atomic E-state index is 13.9. The maximum absolute atomic E-state index is 13.9. The standard InChI is InChI=1S/C23H19FN4O4/c1-32-16-10-8-15(9-11-16)13-28-22(30)21-19(7-4-12-25-21)27(23(28)31)14-20(29)26-18-6-3-2-5-17(18)24/h2-12H,13-14H2,1H3,(H,26,29). The van der Waals surface area contributed by atoms with Gasteiger partial charge in [0.15, 0.2) is 5.52 Å². The van der Waals surface area contributed by atoms with Gasteiger partial charge in [-0.2, -0.15) is 0 Å². The van der Waals surface area contributed by atoms with Gasteiger partial charge in [-0.05, 0) is 42.0 Å². The van der Waals surface area contributed by atoms with E-state index in [0.29, 0.717) is 11.3 Å². The van der Waals surface area contributed by atoms with Crippen LogP contribution in [0.15, 0.2) is 76.4 Å². The van der Waals surface area contributed by atoms with Gasteiger partial charge in [0, 0.05) is 6.20 Å². The summed E-state index contributed by atoms with van der Waals surface area (Å²) in [5.41, 5.74) is -0.263. The number of hydrogen-bond acceptors (Lipinski definition) is 5. The van der Waals surface area contributed by atoms with Crippen LogP contribution in [0.4, 0.5) is 10.1 Å². The Labute approximate surface area is 181 Å². The monoisotopic (exact) mass is 434 g/mol. The number of rotatable bonds is 6. The molecule has 0 aliphatic carbocycles. The van der Waals surface area contributed by atoms with Crippen molar-refractivity contribution in [3.8, 4) is 5.75 Å². The molecule has 2 heterocycles. The molecule has 1 N–H and O–H groups in total. The number of para-hydroxylation sites is 1. The van der Waals surface area contributed by atoms with E-state index in [-0.39, 0.29) is 23.3 Å². The fourth-order valence-electron chi connectivity index (χ4n) is 3.34. The van der Waals surface area contributed by atoms with Crippen LogP contribution in [0.2, 0.25) is 0 Å². The third-order valence-corrected chi connectivity index (χ3v) is 4.94. The van der Waals surface area contributed by atoms with Crippen molar-refractivity contribution in [2.24, 2.45) is 0 Å². The van der Waals surface area contributed by atoms with E-state index in [1.54, 1.807) is 49.6 Å². The van der Waals surface area contributed by atoms with E-state index in [1.165, 1.54) is 24.4 Å². The third kappa shape index (κ3) is 4.13. The molecule has 0 unspecified atom stereocenters. The highest BCUT2D eigenvalue weighted by atomic mass is 19.1. The van der Waals surface area contributed by atoms with Crippen LogP contribution in [-0.2, 0) is 17.9 Å². The molecule has 0 spiro atoms. The lowest BCUT2D eigenvalue weighted by molar-refractivity contribution is -0.116. The summed E-state index contributed by atoms with van der Waals surface area (Å²) in [5, 5.41) is 2.45. The zero-order valence-corrected chi connectivity index (χ0v) is 17.1. The zero-order valence-electron chi connectivity index (χ0n) is 17.1. The van der Waals surface area contributed by atoms with Crippen molar-refractivity contribution in [2.45, 2.75) is 13.1 Å². The Hall–Kier alpha value is -4.27. The van der Waals surface area contributed by atoms with Crippen LogP contribution in [0.5, 0.6) is 5.75 Å². The number of aromatic nitrogens is 3. The molecule has 0 saturated heterocycles. The first kappa shape index (κ1) is 21.0. The second kappa shape index (κ2) is 8.84. The van der Waals surface area contributed by atoms with Crippen LogP contribution in [0.25, 0.3) is 11.0 Å². The number of benzene rings is 2. The quantitative estimate of drug-likeness (QED) is 0.503. The van der Waals surface area contributed by atoms with Crippen LogP contribution < -0.4 is 21.3 Å². The maximum Gasteiger partial charge on any atom is 0.332 e. The lowest BCUT2D eigenvalue weighted by atomic mass is 10.2. The number of methoxy groups -OCH3 is 1. The second-order valence-corrected chi connectivity index (χ2v) is 7.01. The van der Waals surface area contributed by atoms with Crippen molar-refractivity contribution >= 4 is 22.6 Å². The number of carbonyl (C=O) groups excluding carboxylic acids is 1. The van der Waals surface area contributed by atoms with E-state index in [1.807, 2.05) is 0 Å². The lowest BCUT2D eigenvalue weighted by Crippen LogP contribution is -2.42. The van der Waals surface area contributed by atoms with Gasteiger partial charge < -0.3 is 10.1 Å². The van der Waals surface area contributed by atoms with Crippen molar-refractivity contribution in [1.82, 2.24) is 14.1 Å². The minimum atomic E-state index is -0.671. The van der Waals surface area contributed by atoms with Gasteiger partial charge in [0.25, 0.3) is 5.56 Å². The highest BCUT2D eigenvalue weighted by Crippen LogP contribution is 2.14. The van der Waals surface area contributed by atoms with E-state index in [4.69, 9.17) is 4.74 Å². The number of nitrogens with zero attached hydrogens (tertiary/aromatic N) is 3. The molecule has 4 rings (SSSR count). The van der Waals surface area contributed by atoms with Crippen LogP contribution >= 0.6 is 0 Å². The van der Waals surface area contributed by atoms with Gasteiger partial charge in [0.05, 0.1) is 24.9 Å². The van der Waals surface area contributed by atoms with Gasteiger partial charge in [-0.25, -0.2) is 14.2 Å². The van der Waals surface area contributed by atoms with Gasteiger partial charge in [0.1, 0.15) is 18.1 Å². The fourth-order valence-corrected chi connectivity index (χ4v) is 3.34. The number of hydrogen-bond donors (Lipinski definition) is 1. The van der Waals surface area contributed by atoms with Crippen molar-refractivity contribution < 1.29 is 13.9 Å². The molecule has 0 saturated carbocycles. The van der Waals surface area contributed by atoms with Crippen molar-refractivity contribution in [3.63, 3.8) is 0 Å². The average molecular weight is 434 g/mol. The van der Waals surface area contributed by atoms with Gasteiger partial charge in [-0.3, -0.25) is 18.7 Å². The predicted octanol–water partition coefficient (Wildman–Crippen LogP) is 2.39. The number of carbonyl (C=O) groups is 1. The molecule has 8 nitrogen and oxygen atoms in total. The predicted molar refractivity (Wildman–Crippen MR) is 117 cm³/mol. The second-order valence-electron chi connectivity index (χ2n) is 7.01. The summed E-state index contributed by atoms with van der Waals surface area (Å²) < 4.78 is 21.2. The SMILES string of the molecule is COc1ccc(Cn2c(=O)c3ncccc3n(CC(=O)Nc3ccccc3F)c2=O)cc1. The molecule has 0 fully saturated rings. The number of fused-ring (bicyclic) bond motifs is 1. The van der Waals surface area contributed by atoms with Gasteiger partial charge in [-0.15, -0.1) is 0 Å². The van der Waals surface area contributed by atoms with E-state index >= 15 is 0 Å². The molecule has 162 valence electrons. The lowest BCUT2D eigenvalue weighted by Gasteiger charge is -2.14. The summed E-state index contributed by atoms with van der Waals surface area (Å²) in [6, 6.07) is 15.8. The fraction of sp³-hybridized carbons (Fsp3) is 0.130. The molecular weight excluding hydrogens is 415 g/mol. The molecule has 0 aliphatic heterocycles. The molecule has 2 aromatic carbocycles. The smallest absolute Gasteiger partial charge is 0.332 e. The Morgan fingerprint density at radius 3 is 2.50 bits per heavy atom. The molecular formula is C23H19FN4O4. The van der Waals surface area contributed by atoms with Gasteiger partial charge in [-0.1, -0.05) is 24.3 Å². The molecule has 0 radical (unpaired) electrons. The summed E-state index contributed by atoms with van der Waals surface area (Å²) in [6.45, 7) is -0.429. The Kier molecular flexibility index (Phi) is 5.80. The number of nitrogens with one attached hydrogen (secondary N) is 1. The molecule has 0 atom stereocenters. The summed E-state index contributed by atoms with van der Waals surface area (Å²) in [7, 11) is 1.54. The molecule has 32 heavy (non-hydrogen) atoms. The van der Waals surface area contributed by atoms with Crippen molar-refractivity contribution in [3.05, 3.63) is 99.1 Å². The van der Waals surface area contributed by atoms with Gasteiger partial charge in [0.2, 0.25) is 5.91 Å². The van der Waals surface area contributed by atoms with E-state index < -0.39 is 29.5 Å². The Balaban J connectivity index is 1.74. The highest BCUT2D eigenvalue weighted by Gasteiger charge is 2.17. The number of amides is 1. The number of halogens is 1. The van der Waals surface area contributed by atoms with E-state index in [0.717, 1.165) is 9.13 Å². The number of ether oxygens (including phenoxy) is 1. The van der Waals surface area contributed by atoms with Crippen molar-refractivity contribution in [1.29, 1.82) is 0 Å². The van der Waals surface area contributed by atoms with E-state index in [9.17, 15) is 18.8 Å². The topological polar surface area (TPSA) is 95.2 Å². The first-order valence-corrected chi connectivity index (χ1v) is 9.73. The first-order chi connectivity index (χ1) is 15.5. The summed E-state index contributed by atoms with van der Waals surface area (Å²) in [4.78, 5) is 42.9.